The van der Waals surface area contributed by atoms with Crippen LogP contribution in [0.5, 0.6) is 0 Å². The van der Waals surface area contributed by atoms with Gasteiger partial charge in [-0.15, -0.1) is 0 Å². The molecule has 0 unspecified atom stereocenters. The van der Waals surface area contributed by atoms with E-state index in [1.54, 1.807) is 43.3 Å². The first-order valence-corrected chi connectivity index (χ1v) is 9.87. The quantitative estimate of drug-likeness (QED) is 0.305. The Morgan fingerprint density at radius 3 is 2.13 bits per heavy atom. The van der Waals surface area contributed by atoms with E-state index >= 15 is 0 Å². The van der Waals surface area contributed by atoms with Gasteiger partial charge in [-0.25, -0.2) is 4.39 Å². The number of aromatic nitrogens is 1. The maximum absolute atomic E-state index is 13.9. The lowest BCUT2D eigenvalue weighted by atomic mass is 9.97. The van der Waals surface area contributed by atoms with Crippen LogP contribution in [-0.2, 0) is 0 Å². The average Bonchev–Trinajstić information content (AvgIpc) is 3.04. The molecule has 1 atom stereocenters. The normalized spacial score (nSPS) is 14.2. The Hall–Kier alpha value is -4.06. The van der Waals surface area contributed by atoms with Crippen LogP contribution in [0, 0.1) is 5.82 Å². The number of rotatable bonds is 3. The van der Waals surface area contributed by atoms with Crippen LogP contribution in [-0.4, -0.2) is 21.9 Å². The fraction of sp³-hybridized carbons (Fsp3) is 0.0800. The van der Waals surface area contributed by atoms with Gasteiger partial charge in [-0.2, -0.15) is 0 Å². The Balaban J connectivity index is 1.74. The van der Waals surface area contributed by atoms with Crippen molar-refractivity contribution in [1.29, 1.82) is 0 Å². The number of hydrogen-bond donors (Lipinski definition) is 1. The van der Waals surface area contributed by atoms with Gasteiger partial charge >= 0.3 is 0 Å². The molecule has 6 heteroatoms. The summed E-state index contributed by atoms with van der Waals surface area (Å²) in [5.74, 6) is -1.23. The maximum atomic E-state index is 13.9. The predicted molar refractivity (Wildman–Crippen MR) is 112 cm³/mol. The van der Waals surface area contributed by atoms with Crippen molar-refractivity contribution in [2.75, 3.05) is 0 Å². The maximum Gasteiger partial charge on any atom is 0.270 e. The van der Waals surface area contributed by atoms with E-state index in [1.807, 2.05) is 30.3 Å². The number of nitrogens with zero attached hydrogens (tertiary/aromatic N) is 2. The first kappa shape index (κ1) is 18.9. The molecule has 1 aliphatic rings. The first-order chi connectivity index (χ1) is 15.0. The van der Waals surface area contributed by atoms with Gasteiger partial charge in [-0.1, -0.05) is 30.3 Å². The van der Waals surface area contributed by atoms with Gasteiger partial charge in [-0.05, 0) is 49.4 Å². The van der Waals surface area contributed by atoms with E-state index in [9.17, 15) is 19.2 Å². The standard InChI is InChI=1S/C25H18FN2O3/c1-15(27-24(29)19-9-5-6-10-20(19)25(27)30)21-13-17-11-12-18(26)14-22(17)28(31)23(21)16-7-3-2-4-8-16/h2-15,31H,1H3/q+1/t15-/m0/s1. The number of carbonyl (C=O) groups is 2. The molecule has 0 saturated heterocycles. The van der Waals surface area contributed by atoms with Crippen molar-refractivity contribution < 1.29 is 23.9 Å². The molecule has 0 aliphatic carbocycles. The SMILES string of the molecule is C[C@@H](c1cc2ccc(F)cc2[n+](O)c1-c1ccccc1)N1C(=O)c2ccccc2C1=O. The van der Waals surface area contributed by atoms with Crippen LogP contribution in [0.3, 0.4) is 0 Å². The number of imide groups is 1. The van der Waals surface area contributed by atoms with Crippen molar-refractivity contribution in [1.82, 2.24) is 4.90 Å². The van der Waals surface area contributed by atoms with E-state index in [2.05, 4.69) is 0 Å². The smallest absolute Gasteiger partial charge is 0.270 e. The topological polar surface area (TPSA) is 61.5 Å². The van der Waals surface area contributed by atoms with E-state index in [1.165, 1.54) is 17.0 Å². The molecule has 4 aromatic rings. The number of carbonyl (C=O) groups excluding carboxylic acids is 2. The second-order valence-electron chi connectivity index (χ2n) is 7.53. The van der Waals surface area contributed by atoms with Gasteiger partial charge in [0.25, 0.3) is 23.0 Å². The van der Waals surface area contributed by atoms with Gasteiger partial charge < -0.3 is 0 Å². The summed E-state index contributed by atoms with van der Waals surface area (Å²) in [5, 5.41) is 11.7. The molecule has 2 heterocycles. The van der Waals surface area contributed by atoms with Gasteiger partial charge in [0, 0.05) is 4.73 Å². The molecule has 3 aromatic carbocycles. The van der Waals surface area contributed by atoms with Crippen molar-refractivity contribution in [3.8, 4) is 11.3 Å². The molecule has 1 aliphatic heterocycles. The summed E-state index contributed by atoms with van der Waals surface area (Å²) in [4.78, 5) is 27.3. The van der Waals surface area contributed by atoms with Crippen LogP contribution in [0.4, 0.5) is 4.39 Å². The number of amides is 2. The molecule has 0 radical (unpaired) electrons. The predicted octanol–water partition coefficient (Wildman–Crippen LogP) is 4.53. The van der Waals surface area contributed by atoms with Gasteiger partial charge in [-0.3, -0.25) is 19.7 Å². The molecule has 0 saturated carbocycles. The highest BCUT2D eigenvalue weighted by molar-refractivity contribution is 6.21. The second kappa shape index (κ2) is 7.02. The highest BCUT2D eigenvalue weighted by Gasteiger charge is 2.41. The lowest BCUT2D eigenvalue weighted by Crippen LogP contribution is -2.39. The zero-order valence-corrected chi connectivity index (χ0v) is 16.6. The first-order valence-electron chi connectivity index (χ1n) is 9.87. The molecule has 0 spiro atoms. The molecule has 152 valence electrons. The van der Waals surface area contributed by atoms with Crippen LogP contribution in [0.2, 0.25) is 0 Å². The van der Waals surface area contributed by atoms with Crippen molar-refractivity contribution in [3.05, 3.63) is 101 Å². The van der Waals surface area contributed by atoms with Crippen LogP contribution in [0.25, 0.3) is 22.2 Å². The van der Waals surface area contributed by atoms with E-state index in [0.717, 1.165) is 4.73 Å². The number of halogens is 1. The van der Waals surface area contributed by atoms with E-state index in [0.29, 0.717) is 33.3 Å². The molecule has 2 amide bonds. The molecule has 5 nitrogen and oxygen atoms in total. The zero-order chi connectivity index (χ0) is 21.7. The summed E-state index contributed by atoms with van der Waals surface area (Å²) in [7, 11) is 0. The van der Waals surface area contributed by atoms with Gasteiger partial charge in [0.05, 0.1) is 39.7 Å². The summed E-state index contributed by atoms with van der Waals surface area (Å²) in [6, 6.07) is 21.1. The Bertz CT molecular complexity index is 1330. The Kier molecular flexibility index (Phi) is 4.29. The lowest BCUT2D eigenvalue weighted by Gasteiger charge is -2.23. The van der Waals surface area contributed by atoms with Crippen molar-refractivity contribution in [3.63, 3.8) is 0 Å². The Labute approximate surface area is 177 Å². The minimum atomic E-state index is -0.671. The van der Waals surface area contributed by atoms with Gasteiger partial charge in [0.15, 0.2) is 0 Å². The fourth-order valence-corrected chi connectivity index (χ4v) is 4.20. The summed E-state index contributed by atoms with van der Waals surface area (Å²) in [6.45, 7) is 1.75. The third-order valence-electron chi connectivity index (χ3n) is 5.73. The van der Waals surface area contributed by atoms with Gasteiger partial charge in [0.1, 0.15) is 5.82 Å². The highest BCUT2D eigenvalue weighted by atomic mass is 19.1. The van der Waals surface area contributed by atoms with Crippen molar-refractivity contribution in [2.45, 2.75) is 13.0 Å². The molecule has 0 bridgehead atoms. The number of benzene rings is 3. The van der Waals surface area contributed by atoms with Crippen LogP contribution >= 0.6 is 0 Å². The van der Waals surface area contributed by atoms with Crippen molar-refractivity contribution in [2.24, 2.45) is 0 Å². The third-order valence-corrected chi connectivity index (χ3v) is 5.73. The Morgan fingerprint density at radius 2 is 1.48 bits per heavy atom. The van der Waals surface area contributed by atoms with E-state index < -0.39 is 11.9 Å². The summed E-state index contributed by atoms with van der Waals surface area (Å²) in [6.07, 6.45) is 0. The number of pyridine rings is 1. The van der Waals surface area contributed by atoms with Crippen molar-refractivity contribution >= 4 is 22.7 Å². The summed E-state index contributed by atoms with van der Waals surface area (Å²) in [5.41, 5.74) is 2.65. The van der Waals surface area contributed by atoms with Crippen LogP contribution in [0.1, 0.15) is 39.2 Å². The monoisotopic (exact) mass is 413 g/mol. The molecule has 31 heavy (non-hydrogen) atoms. The fourth-order valence-electron chi connectivity index (χ4n) is 4.20. The number of fused-ring (bicyclic) bond motifs is 2. The number of hydrogen-bond acceptors (Lipinski definition) is 3. The Morgan fingerprint density at radius 1 is 0.871 bits per heavy atom. The largest absolute Gasteiger partial charge is 0.284 e. The highest BCUT2D eigenvalue weighted by Crippen LogP contribution is 2.36. The van der Waals surface area contributed by atoms with Gasteiger partial charge in [0.2, 0.25) is 0 Å². The van der Waals surface area contributed by atoms with Crippen LogP contribution < -0.4 is 4.73 Å². The molecular weight excluding hydrogens is 395 g/mol. The lowest BCUT2D eigenvalue weighted by molar-refractivity contribution is -0.876. The molecule has 1 aromatic heterocycles. The minimum absolute atomic E-state index is 0.289. The molecule has 0 fully saturated rings. The molecule has 5 rings (SSSR count). The average molecular weight is 413 g/mol. The van der Waals surface area contributed by atoms with E-state index in [4.69, 9.17) is 0 Å². The minimum Gasteiger partial charge on any atom is -0.284 e. The summed E-state index contributed by atoms with van der Waals surface area (Å²) >= 11 is 0. The van der Waals surface area contributed by atoms with Crippen LogP contribution in [0.15, 0.2) is 78.9 Å². The molecular formula is C25H18FN2O3+. The van der Waals surface area contributed by atoms with E-state index in [-0.39, 0.29) is 17.3 Å². The second-order valence-corrected chi connectivity index (χ2v) is 7.53. The third kappa shape index (κ3) is 2.87. The summed E-state index contributed by atoms with van der Waals surface area (Å²) < 4.78 is 14.8. The molecule has 1 N–H and O–H groups in total. The zero-order valence-electron chi connectivity index (χ0n) is 16.6.